The zero-order valence-electron chi connectivity index (χ0n) is 15.9. The van der Waals surface area contributed by atoms with Gasteiger partial charge >= 0.3 is 0 Å². The quantitative estimate of drug-likeness (QED) is 0.788. The van der Waals surface area contributed by atoms with Gasteiger partial charge in [-0.3, -0.25) is 9.69 Å². The Bertz CT molecular complexity index is 662. The molecule has 2 rings (SSSR count). The van der Waals surface area contributed by atoms with Crippen molar-refractivity contribution in [3.8, 4) is 0 Å². The number of benzene rings is 1. The molecule has 1 aliphatic heterocycles. The highest BCUT2D eigenvalue weighted by Crippen LogP contribution is 2.18. The van der Waals surface area contributed by atoms with Crippen molar-refractivity contribution in [1.82, 2.24) is 9.21 Å². The first-order chi connectivity index (χ1) is 12.5. The highest BCUT2D eigenvalue weighted by molar-refractivity contribution is 7.89. The minimum Gasteiger partial charge on any atom is -0.325 e. The van der Waals surface area contributed by atoms with Gasteiger partial charge in [-0.05, 0) is 50.2 Å². The molecule has 1 aromatic rings. The van der Waals surface area contributed by atoms with E-state index in [2.05, 4.69) is 10.2 Å². The topological polar surface area (TPSA) is 69.7 Å². The molecule has 0 aliphatic carbocycles. The zero-order chi connectivity index (χ0) is 19.0. The second-order valence-corrected chi connectivity index (χ2v) is 8.64. The number of amides is 1. The lowest BCUT2D eigenvalue weighted by Gasteiger charge is -2.23. The molecule has 1 saturated heterocycles. The molecule has 0 bridgehead atoms. The van der Waals surface area contributed by atoms with E-state index in [9.17, 15) is 13.2 Å². The molecule has 1 N–H and O–H groups in total. The number of likely N-dealkylation sites (tertiary alicyclic amines) is 1. The number of hydrogen-bond acceptors (Lipinski definition) is 4. The molecule has 6 nitrogen and oxygen atoms in total. The average molecular weight is 382 g/mol. The monoisotopic (exact) mass is 381 g/mol. The second kappa shape index (κ2) is 10.0. The van der Waals surface area contributed by atoms with Crippen molar-refractivity contribution in [3.05, 3.63) is 24.3 Å². The summed E-state index contributed by atoms with van der Waals surface area (Å²) in [6.07, 6.45) is 6.06. The van der Waals surface area contributed by atoms with Crippen LogP contribution in [0.4, 0.5) is 5.69 Å². The molecule has 26 heavy (non-hydrogen) atoms. The SMILES string of the molecule is CCN(CC)S(=O)(=O)c1ccc(NC(=O)CN2CCCCCCC2)cc1. The van der Waals surface area contributed by atoms with Crippen molar-refractivity contribution in [2.24, 2.45) is 0 Å². The fourth-order valence-corrected chi connectivity index (χ4v) is 4.76. The van der Waals surface area contributed by atoms with Crippen molar-refractivity contribution in [3.63, 3.8) is 0 Å². The van der Waals surface area contributed by atoms with Crippen molar-refractivity contribution in [2.75, 3.05) is 38.0 Å². The van der Waals surface area contributed by atoms with E-state index >= 15 is 0 Å². The van der Waals surface area contributed by atoms with Crippen molar-refractivity contribution >= 4 is 21.6 Å². The summed E-state index contributed by atoms with van der Waals surface area (Å²) in [4.78, 5) is 14.7. The van der Waals surface area contributed by atoms with Crippen LogP contribution in [-0.2, 0) is 14.8 Å². The van der Waals surface area contributed by atoms with Crippen LogP contribution in [0.1, 0.15) is 46.0 Å². The van der Waals surface area contributed by atoms with E-state index in [1.54, 1.807) is 24.3 Å². The number of nitrogens with zero attached hydrogens (tertiary/aromatic N) is 2. The van der Waals surface area contributed by atoms with Gasteiger partial charge in [0.1, 0.15) is 0 Å². The molecule has 7 heteroatoms. The van der Waals surface area contributed by atoms with E-state index in [0.717, 1.165) is 25.9 Å². The Morgan fingerprint density at radius 1 is 1.00 bits per heavy atom. The van der Waals surface area contributed by atoms with Crippen LogP contribution in [0.5, 0.6) is 0 Å². The Morgan fingerprint density at radius 3 is 2.08 bits per heavy atom. The first-order valence-electron chi connectivity index (χ1n) is 9.59. The zero-order valence-corrected chi connectivity index (χ0v) is 16.7. The lowest BCUT2D eigenvalue weighted by Crippen LogP contribution is -2.35. The average Bonchev–Trinajstić information content (AvgIpc) is 2.58. The molecule has 1 aromatic carbocycles. The number of sulfonamides is 1. The Balaban J connectivity index is 1.94. The van der Waals surface area contributed by atoms with Crippen LogP contribution in [-0.4, -0.2) is 56.3 Å². The summed E-state index contributed by atoms with van der Waals surface area (Å²) in [5.41, 5.74) is 0.626. The third-order valence-electron chi connectivity index (χ3n) is 4.80. The standard InChI is InChI=1S/C19H31N3O3S/c1-3-22(4-2)26(24,25)18-12-10-17(11-13-18)20-19(23)16-21-14-8-6-5-7-9-15-21/h10-13H,3-9,14-16H2,1-2H3,(H,20,23). The Hall–Kier alpha value is -1.44. The summed E-state index contributed by atoms with van der Waals surface area (Å²) in [5.74, 6) is -0.0510. The Kier molecular flexibility index (Phi) is 8.06. The molecular formula is C19H31N3O3S. The lowest BCUT2D eigenvalue weighted by atomic mass is 10.1. The summed E-state index contributed by atoms with van der Waals surface area (Å²) >= 11 is 0. The van der Waals surface area contributed by atoms with Crippen LogP contribution in [0.3, 0.4) is 0 Å². The molecule has 0 saturated carbocycles. The van der Waals surface area contributed by atoms with Crippen LogP contribution >= 0.6 is 0 Å². The number of hydrogen-bond donors (Lipinski definition) is 1. The van der Waals surface area contributed by atoms with Crippen molar-refractivity contribution < 1.29 is 13.2 Å². The van der Waals surface area contributed by atoms with Crippen LogP contribution in [0, 0.1) is 0 Å². The van der Waals surface area contributed by atoms with Crippen LogP contribution in [0.25, 0.3) is 0 Å². The maximum atomic E-state index is 12.5. The van der Waals surface area contributed by atoms with E-state index in [1.165, 1.54) is 23.6 Å². The summed E-state index contributed by atoms with van der Waals surface area (Å²) in [6, 6.07) is 6.42. The summed E-state index contributed by atoms with van der Waals surface area (Å²) in [6.45, 7) is 6.84. The van der Waals surface area contributed by atoms with Gasteiger partial charge in [0, 0.05) is 18.8 Å². The largest absolute Gasteiger partial charge is 0.325 e. The fraction of sp³-hybridized carbons (Fsp3) is 0.632. The molecular weight excluding hydrogens is 350 g/mol. The molecule has 0 atom stereocenters. The first-order valence-corrected chi connectivity index (χ1v) is 11.0. The van der Waals surface area contributed by atoms with Gasteiger partial charge in [-0.1, -0.05) is 33.1 Å². The highest BCUT2D eigenvalue weighted by Gasteiger charge is 2.21. The molecule has 1 fully saturated rings. The summed E-state index contributed by atoms with van der Waals surface area (Å²) in [5, 5.41) is 2.87. The maximum absolute atomic E-state index is 12.5. The highest BCUT2D eigenvalue weighted by atomic mass is 32.2. The fourth-order valence-electron chi connectivity index (χ4n) is 3.30. The smallest absolute Gasteiger partial charge is 0.243 e. The van der Waals surface area contributed by atoms with E-state index in [4.69, 9.17) is 0 Å². The third kappa shape index (κ3) is 5.79. The van der Waals surface area contributed by atoms with Gasteiger partial charge < -0.3 is 5.32 Å². The maximum Gasteiger partial charge on any atom is 0.243 e. The van der Waals surface area contributed by atoms with Gasteiger partial charge in [-0.15, -0.1) is 0 Å². The molecule has 0 spiro atoms. The lowest BCUT2D eigenvalue weighted by molar-refractivity contribution is -0.117. The number of anilines is 1. The summed E-state index contributed by atoms with van der Waals surface area (Å²) < 4.78 is 26.4. The van der Waals surface area contributed by atoms with Crippen LogP contribution < -0.4 is 5.32 Å². The van der Waals surface area contributed by atoms with Crippen molar-refractivity contribution in [2.45, 2.75) is 50.8 Å². The predicted octanol–water partition coefficient (Wildman–Crippen LogP) is 2.92. The van der Waals surface area contributed by atoms with Gasteiger partial charge in [-0.2, -0.15) is 4.31 Å². The van der Waals surface area contributed by atoms with E-state index < -0.39 is 10.0 Å². The normalized spacial score (nSPS) is 16.9. The van der Waals surface area contributed by atoms with E-state index in [1.807, 2.05) is 13.8 Å². The van der Waals surface area contributed by atoms with Crippen molar-refractivity contribution in [1.29, 1.82) is 0 Å². The number of carbonyl (C=O) groups excluding carboxylic acids is 1. The number of nitrogens with one attached hydrogen (secondary N) is 1. The van der Waals surface area contributed by atoms with Gasteiger partial charge in [0.25, 0.3) is 0 Å². The van der Waals surface area contributed by atoms with Crippen LogP contribution in [0.2, 0.25) is 0 Å². The van der Waals surface area contributed by atoms with Crippen LogP contribution in [0.15, 0.2) is 29.2 Å². The van der Waals surface area contributed by atoms with E-state index in [0.29, 0.717) is 25.3 Å². The molecule has 1 amide bonds. The predicted molar refractivity (Wildman–Crippen MR) is 105 cm³/mol. The Morgan fingerprint density at radius 2 is 1.54 bits per heavy atom. The molecule has 146 valence electrons. The summed E-state index contributed by atoms with van der Waals surface area (Å²) in [7, 11) is -3.46. The minimum absolute atomic E-state index is 0.0510. The minimum atomic E-state index is -3.46. The van der Waals surface area contributed by atoms with Gasteiger partial charge in [-0.25, -0.2) is 8.42 Å². The van der Waals surface area contributed by atoms with Gasteiger partial charge in [0.15, 0.2) is 0 Å². The molecule has 0 radical (unpaired) electrons. The number of rotatable bonds is 7. The number of carbonyl (C=O) groups is 1. The molecule has 0 unspecified atom stereocenters. The molecule has 0 aromatic heterocycles. The third-order valence-corrected chi connectivity index (χ3v) is 6.86. The van der Waals surface area contributed by atoms with Gasteiger partial charge in [0.2, 0.25) is 15.9 Å². The Labute approximate surface area is 157 Å². The van der Waals surface area contributed by atoms with E-state index in [-0.39, 0.29) is 10.8 Å². The first kappa shape index (κ1) is 20.9. The molecule has 1 heterocycles. The van der Waals surface area contributed by atoms with Gasteiger partial charge in [0.05, 0.1) is 11.4 Å². The second-order valence-electron chi connectivity index (χ2n) is 6.71. The molecule has 1 aliphatic rings.